The largest absolute Gasteiger partial charge is 0.381 e. The molecule has 0 spiro atoms. The van der Waals surface area contributed by atoms with Crippen molar-refractivity contribution >= 4 is 5.91 Å². The second-order valence-corrected chi connectivity index (χ2v) is 9.02. The third-order valence-electron chi connectivity index (χ3n) is 6.96. The first-order chi connectivity index (χ1) is 14.0. The van der Waals surface area contributed by atoms with Crippen molar-refractivity contribution in [2.24, 2.45) is 12.5 Å². The summed E-state index contributed by atoms with van der Waals surface area (Å²) in [7, 11) is 1.92. The summed E-state index contributed by atoms with van der Waals surface area (Å²) in [6, 6.07) is 0. The number of aryl methyl sites for hydroxylation is 1. The Morgan fingerprint density at radius 2 is 1.90 bits per heavy atom. The number of carbonyl (C=O) groups is 1. The van der Waals surface area contributed by atoms with Crippen LogP contribution in [0.4, 0.5) is 0 Å². The molecule has 1 saturated carbocycles. The SMILES string of the molecule is Cn1nc(-c2nc(C3CCOCC3)no2)c2c1CN(C(=O)C1(C)CCCCC1)C2. The van der Waals surface area contributed by atoms with E-state index in [2.05, 4.69) is 22.2 Å². The lowest BCUT2D eigenvalue weighted by Gasteiger charge is -2.35. The molecule has 2 aromatic heterocycles. The van der Waals surface area contributed by atoms with Crippen molar-refractivity contribution in [1.29, 1.82) is 0 Å². The first kappa shape index (κ1) is 18.8. The Bertz CT molecular complexity index is 906. The van der Waals surface area contributed by atoms with Crippen molar-refractivity contribution < 1.29 is 14.1 Å². The zero-order valence-electron chi connectivity index (χ0n) is 17.3. The molecule has 4 heterocycles. The molecule has 1 saturated heterocycles. The second-order valence-electron chi connectivity index (χ2n) is 9.02. The van der Waals surface area contributed by atoms with Crippen LogP contribution in [-0.4, -0.2) is 43.9 Å². The van der Waals surface area contributed by atoms with Gasteiger partial charge in [0.1, 0.15) is 0 Å². The standard InChI is InChI=1S/C21H29N5O3/c1-21(8-4-3-5-9-21)20(27)26-12-15-16(13-26)25(2)23-17(15)19-22-18(24-29-19)14-6-10-28-11-7-14/h14H,3-13H2,1-2H3. The predicted molar refractivity (Wildman–Crippen MR) is 105 cm³/mol. The van der Waals surface area contributed by atoms with Gasteiger partial charge in [-0.15, -0.1) is 0 Å². The summed E-state index contributed by atoms with van der Waals surface area (Å²) in [4.78, 5) is 19.9. The molecule has 8 nitrogen and oxygen atoms in total. The fourth-order valence-electron chi connectivity index (χ4n) is 5.09. The van der Waals surface area contributed by atoms with Crippen molar-refractivity contribution in [3.05, 3.63) is 17.1 Å². The molecule has 1 amide bonds. The maximum Gasteiger partial charge on any atom is 0.278 e. The maximum absolute atomic E-state index is 13.3. The van der Waals surface area contributed by atoms with Gasteiger partial charge in [0, 0.05) is 37.2 Å². The minimum atomic E-state index is -0.228. The number of rotatable bonds is 3. The smallest absolute Gasteiger partial charge is 0.278 e. The van der Waals surface area contributed by atoms with Crippen molar-refractivity contribution in [2.45, 2.75) is 70.9 Å². The predicted octanol–water partition coefficient (Wildman–Crippen LogP) is 3.18. The Kier molecular flexibility index (Phi) is 4.69. The van der Waals surface area contributed by atoms with E-state index in [0.29, 0.717) is 19.0 Å². The minimum Gasteiger partial charge on any atom is -0.381 e. The van der Waals surface area contributed by atoms with Gasteiger partial charge in [-0.05, 0) is 25.7 Å². The molecule has 156 valence electrons. The van der Waals surface area contributed by atoms with Crippen LogP contribution in [0.1, 0.15) is 74.9 Å². The van der Waals surface area contributed by atoms with Gasteiger partial charge >= 0.3 is 0 Å². The molecule has 0 N–H and O–H groups in total. The van der Waals surface area contributed by atoms with Crippen molar-refractivity contribution in [2.75, 3.05) is 13.2 Å². The van der Waals surface area contributed by atoms with E-state index in [9.17, 15) is 4.79 Å². The van der Waals surface area contributed by atoms with Crippen LogP contribution in [0, 0.1) is 5.41 Å². The number of nitrogens with zero attached hydrogens (tertiary/aromatic N) is 5. The number of ether oxygens (including phenoxy) is 1. The number of aromatic nitrogens is 4. The third kappa shape index (κ3) is 3.27. The maximum atomic E-state index is 13.3. The van der Waals surface area contributed by atoms with E-state index in [1.165, 1.54) is 6.42 Å². The van der Waals surface area contributed by atoms with Crippen LogP contribution in [0.25, 0.3) is 11.6 Å². The van der Waals surface area contributed by atoms with Gasteiger partial charge in [-0.25, -0.2) is 0 Å². The Balaban J connectivity index is 1.38. The Morgan fingerprint density at radius 3 is 2.66 bits per heavy atom. The highest BCUT2D eigenvalue weighted by molar-refractivity contribution is 5.83. The van der Waals surface area contributed by atoms with Gasteiger partial charge in [0.05, 0.1) is 18.8 Å². The summed E-state index contributed by atoms with van der Waals surface area (Å²) in [5.74, 6) is 1.75. The van der Waals surface area contributed by atoms with E-state index in [1.807, 2.05) is 16.6 Å². The molecule has 8 heteroatoms. The van der Waals surface area contributed by atoms with E-state index in [-0.39, 0.29) is 17.2 Å². The molecule has 0 atom stereocenters. The van der Waals surface area contributed by atoms with E-state index >= 15 is 0 Å². The minimum absolute atomic E-state index is 0.228. The van der Waals surface area contributed by atoms with E-state index in [1.54, 1.807) is 0 Å². The number of hydrogen-bond acceptors (Lipinski definition) is 6. The van der Waals surface area contributed by atoms with E-state index < -0.39 is 0 Å². The Labute approximate surface area is 170 Å². The van der Waals surface area contributed by atoms with Crippen LogP contribution in [0.2, 0.25) is 0 Å². The second kappa shape index (κ2) is 7.23. The summed E-state index contributed by atoms with van der Waals surface area (Å²) in [5.41, 5.74) is 2.60. The van der Waals surface area contributed by atoms with Gasteiger partial charge in [-0.2, -0.15) is 10.1 Å². The lowest BCUT2D eigenvalue weighted by Crippen LogP contribution is -2.41. The first-order valence-corrected chi connectivity index (χ1v) is 10.8. The molecule has 0 aromatic carbocycles. The van der Waals surface area contributed by atoms with Crippen LogP contribution in [0.3, 0.4) is 0 Å². The molecule has 2 aromatic rings. The molecular formula is C21H29N5O3. The van der Waals surface area contributed by atoms with Gasteiger partial charge in [0.15, 0.2) is 11.5 Å². The fraction of sp³-hybridized carbons (Fsp3) is 0.714. The van der Waals surface area contributed by atoms with Crippen LogP contribution < -0.4 is 0 Å². The molecule has 2 fully saturated rings. The molecular weight excluding hydrogens is 370 g/mol. The summed E-state index contributed by atoms with van der Waals surface area (Å²) in [6.07, 6.45) is 7.34. The average molecular weight is 399 g/mol. The highest BCUT2D eigenvalue weighted by atomic mass is 16.5. The zero-order chi connectivity index (χ0) is 20.0. The summed E-state index contributed by atoms with van der Waals surface area (Å²) >= 11 is 0. The molecule has 0 bridgehead atoms. The van der Waals surface area contributed by atoms with E-state index in [0.717, 1.165) is 74.5 Å². The van der Waals surface area contributed by atoms with Crippen LogP contribution in [0.15, 0.2) is 4.52 Å². The van der Waals surface area contributed by atoms with E-state index in [4.69, 9.17) is 9.26 Å². The highest BCUT2D eigenvalue weighted by Crippen LogP contribution is 2.40. The number of amides is 1. The first-order valence-electron chi connectivity index (χ1n) is 10.8. The average Bonchev–Trinajstić information content (AvgIpc) is 3.46. The zero-order valence-corrected chi connectivity index (χ0v) is 17.3. The lowest BCUT2D eigenvalue weighted by atomic mass is 9.74. The Hall–Kier alpha value is -2.22. The van der Waals surface area contributed by atoms with Crippen molar-refractivity contribution in [3.8, 4) is 11.6 Å². The molecule has 2 aliphatic heterocycles. The quantitative estimate of drug-likeness (QED) is 0.788. The molecule has 29 heavy (non-hydrogen) atoms. The molecule has 3 aliphatic rings. The normalized spacial score (nSPS) is 22.1. The molecule has 0 radical (unpaired) electrons. The van der Waals surface area contributed by atoms with Crippen molar-refractivity contribution in [1.82, 2.24) is 24.8 Å². The lowest BCUT2D eigenvalue weighted by molar-refractivity contribution is -0.143. The van der Waals surface area contributed by atoms with Gasteiger partial charge in [-0.3, -0.25) is 9.48 Å². The number of carbonyl (C=O) groups excluding carboxylic acids is 1. The number of fused-ring (bicyclic) bond motifs is 1. The van der Waals surface area contributed by atoms with Crippen LogP contribution in [0.5, 0.6) is 0 Å². The summed E-state index contributed by atoms with van der Waals surface area (Å²) < 4.78 is 12.9. The van der Waals surface area contributed by atoms with Crippen LogP contribution >= 0.6 is 0 Å². The topological polar surface area (TPSA) is 86.3 Å². The molecule has 1 aliphatic carbocycles. The fourth-order valence-corrected chi connectivity index (χ4v) is 5.09. The third-order valence-corrected chi connectivity index (χ3v) is 6.96. The highest BCUT2D eigenvalue weighted by Gasteiger charge is 2.41. The Morgan fingerprint density at radius 1 is 1.14 bits per heavy atom. The molecule has 0 unspecified atom stereocenters. The summed E-state index contributed by atoms with van der Waals surface area (Å²) in [5, 5.41) is 8.86. The monoisotopic (exact) mass is 399 g/mol. The van der Waals surface area contributed by atoms with Gasteiger partial charge in [-0.1, -0.05) is 31.3 Å². The molecule has 5 rings (SSSR count). The van der Waals surface area contributed by atoms with Gasteiger partial charge in [0.2, 0.25) is 5.91 Å². The van der Waals surface area contributed by atoms with Gasteiger partial charge in [0.25, 0.3) is 5.89 Å². The summed E-state index contributed by atoms with van der Waals surface area (Å²) in [6.45, 7) is 4.79. The van der Waals surface area contributed by atoms with Crippen LogP contribution in [-0.2, 0) is 29.7 Å². The van der Waals surface area contributed by atoms with Crippen molar-refractivity contribution in [3.63, 3.8) is 0 Å². The number of hydrogen-bond donors (Lipinski definition) is 0. The van der Waals surface area contributed by atoms with Gasteiger partial charge < -0.3 is 14.2 Å².